The highest BCUT2D eigenvalue weighted by molar-refractivity contribution is 5.71. The van der Waals surface area contributed by atoms with Gasteiger partial charge in [-0.2, -0.15) is 0 Å². The first-order chi connectivity index (χ1) is 12.8. The minimum Gasteiger partial charge on any atom is -0.425 e. The molecule has 0 aliphatic heterocycles. The van der Waals surface area contributed by atoms with E-state index in [1.165, 1.54) is 38.5 Å². The molecule has 0 aromatic carbocycles. The average molecular weight is 385 g/mol. The zero-order chi connectivity index (χ0) is 20.5. The van der Waals surface area contributed by atoms with Crippen LogP contribution in [0.1, 0.15) is 125 Å². The maximum absolute atomic E-state index is 12.1. The van der Waals surface area contributed by atoms with Crippen LogP contribution in [0.2, 0.25) is 0 Å². The number of hydrogen-bond acceptors (Lipinski definition) is 4. The third-order valence-electron chi connectivity index (χ3n) is 4.65. The Kier molecular flexibility index (Phi) is 15.3. The highest BCUT2D eigenvalue weighted by Crippen LogP contribution is 2.25. The summed E-state index contributed by atoms with van der Waals surface area (Å²) in [6.45, 7) is 10.2. The summed E-state index contributed by atoms with van der Waals surface area (Å²) in [6.07, 6.45) is 13.5. The highest BCUT2D eigenvalue weighted by Gasteiger charge is 2.31. The minimum absolute atomic E-state index is 0.266. The fraction of sp³-hybridized carbons (Fsp3) is 0.913. The molecule has 0 radical (unpaired) electrons. The van der Waals surface area contributed by atoms with Crippen molar-refractivity contribution in [3.63, 3.8) is 0 Å². The van der Waals surface area contributed by atoms with Gasteiger partial charge in [0.1, 0.15) is 0 Å². The summed E-state index contributed by atoms with van der Waals surface area (Å²) >= 11 is 0. The monoisotopic (exact) mass is 384 g/mol. The fourth-order valence-electron chi connectivity index (χ4n) is 2.83. The molecule has 0 aromatic rings. The fourth-order valence-corrected chi connectivity index (χ4v) is 2.83. The second-order valence-electron chi connectivity index (χ2n) is 8.71. The summed E-state index contributed by atoms with van der Waals surface area (Å²) < 4.78 is 11.0. The van der Waals surface area contributed by atoms with Crippen molar-refractivity contribution in [2.24, 2.45) is 5.41 Å². The van der Waals surface area contributed by atoms with Crippen LogP contribution >= 0.6 is 0 Å². The summed E-state index contributed by atoms with van der Waals surface area (Å²) in [4.78, 5) is 24.2. The first-order valence-electron chi connectivity index (χ1n) is 11.2. The molecule has 0 rings (SSSR count). The van der Waals surface area contributed by atoms with E-state index in [1.807, 2.05) is 20.8 Å². The molecule has 0 aliphatic rings. The average Bonchev–Trinajstić information content (AvgIpc) is 2.59. The van der Waals surface area contributed by atoms with E-state index < -0.39 is 11.7 Å². The van der Waals surface area contributed by atoms with Crippen LogP contribution in [0.5, 0.6) is 0 Å². The normalized spacial score (nSPS) is 11.6. The molecular formula is C23H44O4. The minimum atomic E-state index is -0.808. The molecule has 0 spiro atoms. The lowest BCUT2D eigenvalue weighted by molar-refractivity contribution is -0.207. The maximum Gasteiger partial charge on any atom is 0.308 e. The Morgan fingerprint density at radius 1 is 0.630 bits per heavy atom. The molecule has 0 aromatic heterocycles. The van der Waals surface area contributed by atoms with Gasteiger partial charge in [-0.25, -0.2) is 0 Å². The summed E-state index contributed by atoms with van der Waals surface area (Å²) in [5.74, 6) is -0.532. The van der Waals surface area contributed by atoms with E-state index in [4.69, 9.17) is 9.47 Å². The largest absolute Gasteiger partial charge is 0.425 e. The summed E-state index contributed by atoms with van der Waals surface area (Å²) in [7, 11) is 0. The van der Waals surface area contributed by atoms with Gasteiger partial charge in [0.05, 0.1) is 0 Å². The number of carbonyl (C=O) groups is 2. The van der Waals surface area contributed by atoms with Crippen molar-refractivity contribution in [2.75, 3.05) is 0 Å². The molecule has 0 heterocycles. The van der Waals surface area contributed by atoms with Crippen LogP contribution in [-0.2, 0) is 19.1 Å². The number of esters is 2. The quantitative estimate of drug-likeness (QED) is 0.164. The molecule has 4 nitrogen and oxygen atoms in total. The predicted octanol–water partition coefficient (Wildman–Crippen LogP) is 6.95. The number of carbonyl (C=O) groups excluding carboxylic acids is 2. The number of hydrogen-bond donors (Lipinski definition) is 0. The van der Waals surface area contributed by atoms with E-state index in [0.717, 1.165) is 38.5 Å². The molecular weight excluding hydrogens is 340 g/mol. The van der Waals surface area contributed by atoms with E-state index in [2.05, 4.69) is 13.8 Å². The van der Waals surface area contributed by atoms with Crippen LogP contribution in [0, 0.1) is 5.41 Å². The van der Waals surface area contributed by atoms with Gasteiger partial charge >= 0.3 is 11.9 Å². The first-order valence-corrected chi connectivity index (χ1v) is 11.2. The van der Waals surface area contributed by atoms with Crippen molar-refractivity contribution in [3.05, 3.63) is 0 Å². The van der Waals surface area contributed by atoms with E-state index >= 15 is 0 Å². The Balaban J connectivity index is 4.12. The van der Waals surface area contributed by atoms with Gasteiger partial charge in [0.25, 0.3) is 6.29 Å². The van der Waals surface area contributed by atoms with Crippen LogP contribution in [-0.4, -0.2) is 18.2 Å². The third kappa shape index (κ3) is 15.7. The van der Waals surface area contributed by atoms with Crippen LogP contribution in [0.15, 0.2) is 0 Å². The molecule has 0 saturated heterocycles. The number of unbranched alkanes of at least 4 members (excludes halogenated alkanes) is 10. The van der Waals surface area contributed by atoms with Crippen molar-refractivity contribution >= 4 is 11.9 Å². The number of rotatable bonds is 16. The van der Waals surface area contributed by atoms with E-state index in [9.17, 15) is 9.59 Å². The Morgan fingerprint density at radius 3 is 1.30 bits per heavy atom. The van der Waals surface area contributed by atoms with Crippen molar-refractivity contribution in [1.29, 1.82) is 0 Å². The van der Waals surface area contributed by atoms with Crippen molar-refractivity contribution in [1.82, 2.24) is 0 Å². The zero-order valence-corrected chi connectivity index (χ0v) is 18.6. The Morgan fingerprint density at radius 2 is 0.963 bits per heavy atom. The lowest BCUT2D eigenvalue weighted by atomic mass is 9.96. The van der Waals surface area contributed by atoms with Gasteiger partial charge in [-0.05, 0) is 12.8 Å². The molecule has 0 saturated carbocycles. The van der Waals surface area contributed by atoms with Crippen molar-refractivity contribution < 1.29 is 19.1 Å². The van der Waals surface area contributed by atoms with Gasteiger partial charge < -0.3 is 9.47 Å². The Hall–Kier alpha value is -1.06. The van der Waals surface area contributed by atoms with Gasteiger partial charge in [0.15, 0.2) is 0 Å². The second-order valence-corrected chi connectivity index (χ2v) is 8.71. The summed E-state index contributed by atoms with van der Waals surface area (Å²) in [5, 5.41) is 0. The smallest absolute Gasteiger partial charge is 0.308 e. The van der Waals surface area contributed by atoms with Gasteiger partial charge in [-0.1, -0.05) is 98.8 Å². The molecule has 160 valence electrons. The Labute approximate surface area is 167 Å². The molecule has 0 aliphatic carbocycles. The zero-order valence-electron chi connectivity index (χ0n) is 18.6. The topological polar surface area (TPSA) is 52.6 Å². The molecule has 0 atom stereocenters. The summed E-state index contributed by atoms with van der Waals surface area (Å²) in [5.41, 5.74) is -0.423. The van der Waals surface area contributed by atoms with Gasteiger partial charge in [-0.3, -0.25) is 9.59 Å². The molecule has 0 unspecified atom stereocenters. The molecule has 0 amide bonds. The van der Waals surface area contributed by atoms with E-state index in [-0.39, 0.29) is 11.9 Å². The van der Waals surface area contributed by atoms with Gasteiger partial charge in [0, 0.05) is 18.3 Å². The molecule has 0 N–H and O–H groups in total. The maximum atomic E-state index is 12.1. The molecule has 27 heavy (non-hydrogen) atoms. The lowest BCUT2D eigenvalue weighted by Crippen LogP contribution is -2.36. The van der Waals surface area contributed by atoms with Crippen LogP contribution in [0.25, 0.3) is 0 Å². The number of ether oxygens (including phenoxy) is 2. The van der Waals surface area contributed by atoms with Crippen molar-refractivity contribution in [3.8, 4) is 0 Å². The third-order valence-corrected chi connectivity index (χ3v) is 4.65. The lowest BCUT2D eigenvalue weighted by Gasteiger charge is -2.29. The SMILES string of the molecule is CCCCCCCCC(=O)OC(OC(=O)CCCCCCCC)C(C)(C)C. The Bertz CT molecular complexity index is 354. The van der Waals surface area contributed by atoms with Crippen LogP contribution in [0.3, 0.4) is 0 Å². The molecule has 0 bridgehead atoms. The first kappa shape index (κ1) is 25.9. The van der Waals surface area contributed by atoms with Crippen LogP contribution in [0.4, 0.5) is 0 Å². The highest BCUT2D eigenvalue weighted by atomic mass is 16.7. The van der Waals surface area contributed by atoms with Crippen molar-refractivity contribution in [2.45, 2.75) is 131 Å². The standard InChI is InChI=1S/C23H44O4/c1-6-8-10-12-14-16-18-20(24)26-22(23(3,4)5)27-21(25)19-17-15-13-11-9-7-2/h22H,6-19H2,1-5H3. The second kappa shape index (κ2) is 15.9. The van der Waals surface area contributed by atoms with Crippen LogP contribution < -0.4 is 0 Å². The van der Waals surface area contributed by atoms with E-state index in [0.29, 0.717) is 12.8 Å². The van der Waals surface area contributed by atoms with E-state index in [1.54, 1.807) is 0 Å². The summed E-state index contributed by atoms with van der Waals surface area (Å²) in [6, 6.07) is 0. The molecule has 4 heteroatoms. The van der Waals surface area contributed by atoms with Gasteiger partial charge in [-0.15, -0.1) is 0 Å². The van der Waals surface area contributed by atoms with Gasteiger partial charge in [0.2, 0.25) is 0 Å². The molecule has 0 fully saturated rings. The predicted molar refractivity (Wildman–Crippen MR) is 111 cm³/mol.